The molecule has 0 unspecified atom stereocenters. The van der Waals surface area contributed by atoms with Crippen molar-refractivity contribution < 1.29 is 14.3 Å². The van der Waals surface area contributed by atoms with Crippen LogP contribution >= 0.6 is 0 Å². The number of rotatable bonds is 7. The van der Waals surface area contributed by atoms with Crippen molar-refractivity contribution in [1.29, 1.82) is 0 Å². The fourth-order valence-corrected chi connectivity index (χ4v) is 3.20. The Bertz CT molecular complexity index is 939. The number of amides is 1. The highest BCUT2D eigenvalue weighted by Gasteiger charge is 2.25. The Hall–Kier alpha value is -3.40. The van der Waals surface area contributed by atoms with Crippen LogP contribution in [0.1, 0.15) is 44.8 Å². The number of nitrogens with zero attached hydrogens (tertiary/aromatic N) is 1. The quantitative estimate of drug-likeness (QED) is 0.553. The first kappa shape index (κ1) is 19.4. The van der Waals surface area contributed by atoms with E-state index in [4.69, 9.17) is 4.74 Å². The molecule has 0 aromatic heterocycles. The molecule has 3 rings (SSSR count). The van der Waals surface area contributed by atoms with Gasteiger partial charge in [0.2, 0.25) is 0 Å². The second-order valence-electron chi connectivity index (χ2n) is 6.58. The van der Waals surface area contributed by atoms with Crippen molar-refractivity contribution in [2.24, 2.45) is 0 Å². The average molecular weight is 373 g/mol. The Morgan fingerprint density at radius 1 is 1.00 bits per heavy atom. The van der Waals surface area contributed by atoms with E-state index < -0.39 is 0 Å². The summed E-state index contributed by atoms with van der Waals surface area (Å²) >= 11 is 0. The van der Waals surface area contributed by atoms with E-state index in [-0.39, 0.29) is 11.9 Å². The monoisotopic (exact) mass is 373 g/mol. The summed E-state index contributed by atoms with van der Waals surface area (Å²) < 4.78 is 5.39. The van der Waals surface area contributed by atoms with Gasteiger partial charge >= 0.3 is 0 Å². The summed E-state index contributed by atoms with van der Waals surface area (Å²) in [4.78, 5) is 26.6. The molecule has 3 aromatic carbocycles. The molecule has 0 aliphatic heterocycles. The van der Waals surface area contributed by atoms with Crippen LogP contribution in [0, 0.1) is 0 Å². The van der Waals surface area contributed by atoms with Crippen LogP contribution in [0.4, 0.5) is 0 Å². The first-order chi connectivity index (χ1) is 13.6. The second kappa shape index (κ2) is 9.00. The molecule has 142 valence electrons. The summed E-state index contributed by atoms with van der Waals surface area (Å²) in [5.41, 5.74) is 2.89. The minimum atomic E-state index is -0.180. The molecule has 28 heavy (non-hydrogen) atoms. The minimum Gasteiger partial charge on any atom is -0.496 e. The average Bonchev–Trinajstić information content (AvgIpc) is 2.77. The van der Waals surface area contributed by atoms with Gasteiger partial charge in [-0.25, -0.2) is 0 Å². The lowest BCUT2D eigenvalue weighted by molar-refractivity contribution is 0.0670. The fraction of sp³-hybridized carbons (Fsp3) is 0.167. The van der Waals surface area contributed by atoms with E-state index in [9.17, 15) is 9.59 Å². The molecule has 0 fully saturated rings. The lowest BCUT2D eigenvalue weighted by Gasteiger charge is -2.30. The van der Waals surface area contributed by atoms with E-state index in [0.717, 1.165) is 17.4 Å². The van der Waals surface area contributed by atoms with Crippen LogP contribution in [0.15, 0.2) is 78.9 Å². The maximum Gasteiger partial charge on any atom is 0.258 e. The molecular formula is C24H23NO3. The highest BCUT2D eigenvalue weighted by atomic mass is 16.5. The summed E-state index contributed by atoms with van der Waals surface area (Å²) in [6.07, 6.45) is 0.735. The summed E-state index contributed by atoms with van der Waals surface area (Å²) in [5, 5.41) is 0. The van der Waals surface area contributed by atoms with E-state index in [1.165, 1.54) is 7.11 Å². The highest BCUT2D eigenvalue weighted by molar-refractivity contribution is 5.98. The van der Waals surface area contributed by atoms with Crippen molar-refractivity contribution >= 4 is 12.2 Å². The number of hydrogen-bond acceptors (Lipinski definition) is 3. The van der Waals surface area contributed by atoms with Crippen molar-refractivity contribution in [3.05, 3.63) is 101 Å². The Kier molecular flexibility index (Phi) is 6.22. The van der Waals surface area contributed by atoms with Crippen molar-refractivity contribution in [2.75, 3.05) is 7.11 Å². The molecule has 1 amide bonds. The third-order valence-corrected chi connectivity index (χ3v) is 4.80. The van der Waals surface area contributed by atoms with Gasteiger partial charge in [0.05, 0.1) is 18.7 Å². The molecule has 0 saturated carbocycles. The normalized spacial score (nSPS) is 11.5. The van der Waals surface area contributed by atoms with Crippen LogP contribution in [0.5, 0.6) is 5.75 Å². The van der Waals surface area contributed by atoms with Crippen LogP contribution < -0.4 is 4.74 Å². The molecule has 0 aliphatic rings. The van der Waals surface area contributed by atoms with E-state index in [1.54, 1.807) is 23.1 Å². The molecule has 0 bridgehead atoms. The maximum atomic E-state index is 13.5. The van der Waals surface area contributed by atoms with Gasteiger partial charge in [-0.15, -0.1) is 0 Å². The van der Waals surface area contributed by atoms with Crippen molar-refractivity contribution in [1.82, 2.24) is 4.90 Å². The molecule has 0 aliphatic carbocycles. The third-order valence-electron chi connectivity index (χ3n) is 4.80. The van der Waals surface area contributed by atoms with Crippen LogP contribution in [0.25, 0.3) is 0 Å². The summed E-state index contributed by atoms with van der Waals surface area (Å²) in [6, 6.07) is 24.5. The van der Waals surface area contributed by atoms with Crippen LogP contribution in [-0.4, -0.2) is 24.2 Å². The molecule has 0 spiro atoms. The van der Waals surface area contributed by atoms with Gasteiger partial charge in [-0.1, -0.05) is 60.7 Å². The number of hydrogen-bond donors (Lipinski definition) is 0. The smallest absolute Gasteiger partial charge is 0.258 e. The van der Waals surface area contributed by atoms with Crippen molar-refractivity contribution in [3.8, 4) is 5.75 Å². The Balaban J connectivity index is 2.03. The fourth-order valence-electron chi connectivity index (χ4n) is 3.20. The molecule has 4 nitrogen and oxygen atoms in total. The standard InChI is InChI=1S/C24H23NO3/c1-18(21-11-7-4-8-12-21)25(16-19-9-5-3-6-10-19)24(27)22-15-20(17-26)13-14-23(22)28-2/h3-15,17-18H,16H2,1-2H3/t18-/m0/s1. The molecule has 0 saturated heterocycles. The summed E-state index contributed by atoms with van der Waals surface area (Å²) in [6.45, 7) is 2.45. The molecule has 0 radical (unpaired) electrons. The van der Waals surface area contributed by atoms with E-state index in [0.29, 0.717) is 23.4 Å². The van der Waals surface area contributed by atoms with Gasteiger partial charge in [0.25, 0.3) is 5.91 Å². The maximum absolute atomic E-state index is 13.5. The molecule has 0 N–H and O–H groups in total. The van der Waals surface area contributed by atoms with E-state index in [1.807, 2.05) is 67.6 Å². The molecular weight excluding hydrogens is 350 g/mol. The molecule has 1 atom stereocenters. The van der Waals surface area contributed by atoms with E-state index >= 15 is 0 Å². The molecule has 4 heteroatoms. The van der Waals surface area contributed by atoms with Gasteiger partial charge in [-0.2, -0.15) is 0 Å². The first-order valence-corrected chi connectivity index (χ1v) is 9.17. The van der Waals surface area contributed by atoms with Crippen molar-refractivity contribution in [2.45, 2.75) is 19.5 Å². The Morgan fingerprint density at radius 2 is 1.64 bits per heavy atom. The van der Waals surface area contributed by atoms with Crippen molar-refractivity contribution in [3.63, 3.8) is 0 Å². The van der Waals surface area contributed by atoms with Gasteiger partial charge in [0.1, 0.15) is 12.0 Å². The second-order valence-corrected chi connectivity index (χ2v) is 6.58. The summed E-state index contributed by atoms with van der Waals surface area (Å²) in [5.74, 6) is 0.273. The van der Waals surface area contributed by atoms with Gasteiger partial charge in [0, 0.05) is 12.1 Å². The van der Waals surface area contributed by atoms with Gasteiger partial charge in [0.15, 0.2) is 0 Å². The molecule has 0 heterocycles. The Labute approximate surface area is 165 Å². The lowest BCUT2D eigenvalue weighted by Crippen LogP contribution is -2.33. The highest BCUT2D eigenvalue weighted by Crippen LogP contribution is 2.28. The number of carbonyl (C=O) groups excluding carboxylic acids is 2. The van der Waals surface area contributed by atoms with Crippen LogP contribution in [0.3, 0.4) is 0 Å². The topological polar surface area (TPSA) is 46.6 Å². The number of methoxy groups -OCH3 is 1. The van der Waals surface area contributed by atoms with Crippen LogP contribution in [0.2, 0.25) is 0 Å². The zero-order chi connectivity index (χ0) is 19.9. The number of carbonyl (C=O) groups is 2. The zero-order valence-corrected chi connectivity index (χ0v) is 16.0. The lowest BCUT2D eigenvalue weighted by atomic mass is 10.0. The minimum absolute atomic E-state index is 0.154. The van der Waals surface area contributed by atoms with Gasteiger partial charge in [-0.3, -0.25) is 9.59 Å². The molecule has 3 aromatic rings. The predicted octanol–water partition coefficient (Wildman–Crippen LogP) is 4.91. The number of aldehydes is 1. The van der Waals surface area contributed by atoms with Gasteiger partial charge < -0.3 is 9.64 Å². The number of benzene rings is 3. The van der Waals surface area contributed by atoms with E-state index in [2.05, 4.69) is 0 Å². The summed E-state index contributed by atoms with van der Waals surface area (Å²) in [7, 11) is 1.52. The SMILES string of the molecule is COc1ccc(C=O)cc1C(=O)N(Cc1ccccc1)[C@@H](C)c1ccccc1. The van der Waals surface area contributed by atoms with Gasteiger partial charge in [-0.05, 0) is 36.2 Å². The first-order valence-electron chi connectivity index (χ1n) is 9.17. The predicted molar refractivity (Wildman–Crippen MR) is 110 cm³/mol. The Morgan fingerprint density at radius 3 is 2.25 bits per heavy atom. The number of ether oxygens (including phenoxy) is 1. The largest absolute Gasteiger partial charge is 0.496 e. The van der Waals surface area contributed by atoms with Crippen LogP contribution in [-0.2, 0) is 6.54 Å². The zero-order valence-electron chi connectivity index (χ0n) is 16.0. The third kappa shape index (κ3) is 4.29.